The molecule has 0 atom stereocenters. The quantitative estimate of drug-likeness (QED) is 0.724. The van der Waals surface area contributed by atoms with Gasteiger partial charge in [-0.2, -0.15) is 0 Å². The van der Waals surface area contributed by atoms with Crippen LogP contribution in [-0.2, 0) is 0 Å². The molecule has 6 heteroatoms. The Labute approximate surface area is 190 Å². The van der Waals surface area contributed by atoms with E-state index in [9.17, 15) is 4.39 Å². The summed E-state index contributed by atoms with van der Waals surface area (Å²) in [5, 5.41) is 0. The molecular formula is C26H34FN5. The molecule has 0 unspecified atom stereocenters. The highest BCUT2D eigenvalue weighted by molar-refractivity contribution is 5.64. The van der Waals surface area contributed by atoms with E-state index in [0.717, 1.165) is 63.0 Å². The summed E-state index contributed by atoms with van der Waals surface area (Å²) in [4.78, 5) is 7.28. The average molecular weight is 436 g/mol. The third-order valence-corrected chi connectivity index (χ3v) is 6.77. The molecule has 32 heavy (non-hydrogen) atoms. The summed E-state index contributed by atoms with van der Waals surface area (Å²) in [6, 6.07) is 13.6. The van der Waals surface area contributed by atoms with Crippen LogP contribution < -0.4 is 21.3 Å². The highest BCUT2D eigenvalue weighted by Crippen LogP contribution is 2.26. The van der Waals surface area contributed by atoms with Gasteiger partial charge < -0.3 is 21.3 Å². The summed E-state index contributed by atoms with van der Waals surface area (Å²) in [5.41, 5.74) is 15.9. The van der Waals surface area contributed by atoms with Crippen LogP contribution in [0, 0.1) is 11.7 Å². The third kappa shape index (κ3) is 5.07. The van der Waals surface area contributed by atoms with E-state index in [1.54, 1.807) is 12.1 Å². The zero-order valence-electron chi connectivity index (χ0n) is 18.8. The van der Waals surface area contributed by atoms with E-state index in [4.69, 9.17) is 11.5 Å². The first-order valence-corrected chi connectivity index (χ1v) is 11.4. The Hall–Kier alpha value is -2.99. The Bertz CT molecular complexity index is 955. The molecule has 2 aromatic rings. The maximum Gasteiger partial charge on any atom is 0.134 e. The number of hydrogen-bond donors (Lipinski definition) is 2. The molecule has 0 saturated carbocycles. The van der Waals surface area contributed by atoms with Crippen LogP contribution in [-0.4, -0.2) is 50.7 Å². The van der Waals surface area contributed by atoms with Crippen LogP contribution in [0.25, 0.3) is 11.4 Å². The van der Waals surface area contributed by atoms with E-state index in [1.165, 1.54) is 18.5 Å². The maximum atomic E-state index is 14.3. The van der Waals surface area contributed by atoms with Gasteiger partial charge in [0.1, 0.15) is 5.82 Å². The SMILES string of the molecule is C=C(N)c1ccc(N2CCC(CN3CCN(c4ccc(C(=C)N)c(F)c4)CC3)CC2)cc1. The Kier molecular flexibility index (Phi) is 6.70. The zero-order valence-corrected chi connectivity index (χ0v) is 18.8. The molecule has 170 valence electrons. The van der Waals surface area contributed by atoms with Crippen LogP contribution >= 0.6 is 0 Å². The van der Waals surface area contributed by atoms with Crippen molar-refractivity contribution in [3.63, 3.8) is 0 Å². The summed E-state index contributed by atoms with van der Waals surface area (Å²) in [6.45, 7) is 14.6. The van der Waals surface area contributed by atoms with Gasteiger partial charge in [-0.15, -0.1) is 0 Å². The van der Waals surface area contributed by atoms with Crippen LogP contribution in [0.1, 0.15) is 24.0 Å². The molecule has 2 aliphatic heterocycles. The lowest BCUT2D eigenvalue weighted by Gasteiger charge is -2.40. The predicted molar refractivity (Wildman–Crippen MR) is 133 cm³/mol. The monoisotopic (exact) mass is 435 g/mol. The molecule has 2 saturated heterocycles. The largest absolute Gasteiger partial charge is 0.399 e. The van der Waals surface area contributed by atoms with Gasteiger partial charge in [0.05, 0.1) is 0 Å². The summed E-state index contributed by atoms with van der Waals surface area (Å²) < 4.78 is 14.3. The summed E-state index contributed by atoms with van der Waals surface area (Å²) in [6.07, 6.45) is 2.42. The van der Waals surface area contributed by atoms with Crippen LogP contribution in [0.3, 0.4) is 0 Å². The molecule has 0 aromatic heterocycles. The fourth-order valence-electron chi connectivity index (χ4n) is 4.77. The second kappa shape index (κ2) is 9.65. The minimum absolute atomic E-state index is 0.267. The number of benzene rings is 2. The van der Waals surface area contributed by atoms with E-state index in [2.05, 4.69) is 52.1 Å². The van der Waals surface area contributed by atoms with Gasteiger partial charge in [-0.3, -0.25) is 4.90 Å². The smallest absolute Gasteiger partial charge is 0.134 e. The Morgan fingerprint density at radius 2 is 1.41 bits per heavy atom. The van der Waals surface area contributed by atoms with Gasteiger partial charge in [-0.25, -0.2) is 4.39 Å². The molecule has 4 N–H and O–H groups in total. The molecule has 0 amide bonds. The van der Waals surface area contributed by atoms with Crippen molar-refractivity contribution >= 4 is 22.8 Å². The first-order valence-electron chi connectivity index (χ1n) is 11.4. The Morgan fingerprint density at radius 1 is 0.812 bits per heavy atom. The molecule has 0 radical (unpaired) electrons. The van der Waals surface area contributed by atoms with E-state index in [1.807, 2.05) is 6.07 Å². The van der Waals surface area contributed by atoms with Gasteiger partial charge >= 0.3 is 0 Å². The van der Waals surface area contributed by atoms with Crippen LogP contribution in [0.2, 0.25) is 0 Å². The van der Waals surface area contributed by atoms with E-state index < -0.39 is 0 Å². The van der Waals surface area contributed by atoms with Crippen molar-refractivity contribution in [2.45, 2.75) is 12.8 Å². The van der Waals surface area contributed by atoms with Crippen molar-refractivity contribution in [2.24, 2.45) is 17.4 Å². The number of nitrogens with two attached hydrogens (primary N) is 2. The van der Waals surface area contributed by atoms with Crippen molar-refractivity contribution in [2.75, 3.05) is 55.6 Å². The molecule has 0 spiro atoms. The average Bonchev–Trinajstić information content (AvgIpc) is 2.80. The highest BCUT2D eigenvalue weighted by Gasteiger charge is 2.24. The first-order chi connectivity index (χ1) is 15.4. The van der Waals surface area contributed by atoms with Crippen molar-refractivity contribution in [1.82, 2.24) is 4.90 Å². The van der Waals surface area contributed by atoms with Gasteiger partial charge in [-0.1, -0.05) is 25.3 Å². The molecule has 5 nitrogen and oxygen atoms in total. The van der Waals surface area contributed by atoms with Crippen LogP contribution in [0.5, 0.6) is 0 Å². The first kappa shape index (κ1) is 22.2. The second-order valence-corrected chi connectivity index (χ2v) is 8.98. The fourth-order valence-corrected chi connectivity index (χ4v) is 4.77. The Morgan fingerprint density at radius 3 is 1.97 bits per heavy atom. The molecule has 2 heterocycles. The summed E-state index contributed by atoms with van der Waals surface area (Å²) in [5.74, 6) is 0.431. The lowest BCUT2D eigenvalue weighted by Crippen LogP contribution is -2.49. The minimum atomic E-state index is -0.299. The lowest BCUT2D eigenvalue weighted by atomic mass is 9.95. The highest BCUT2D eigenvalue weighted by atomic mass is 19.1. The molecular weight excluding hydrogens is 401 g/mol. The number of piperazine rings is 1. The number of anilines is 2. The van der Waals surface area contributed by atoms with Crippen molar-refractivity contribution in [3.05, 3.63) is 72.6 Å². The third-order valence-electron chi connectivity index (χ3n) is 6.77. The van der Waals surface area contributed by atoms with Gasteiger partial charge in [0.25, 0.3) is 0 Å². The van der Waals surface area contributed by atoms with E-state index >= 15 is 0 Å². The lowest BCUT2D eigenvalue weighted by molar-refractivity contribution is 0.201. The number of halogens is 1. The van der Waals surface area contributed by atoms with Crippen molar-refractivity contribution < 1.29 is 4.39 Å². The normalized spacial score (nSPS) is 18.0. The topological polar surface area (TPSA) is 61.8 Å². The maximum absolute atomic E-state index is 14.3. The fraction of sp³-hybridized carbons (Fsp3) is 0.385. The van der Waals surface area contributed by atoms with Crippen LogP contribution in [0.15, 0.2) is 55.6 Å². The van der Waals surface area contributed by atoms with Crippen LogP contribution in [0.4, 0.5) is 15.8 Å². The predicted octanol–water partition coefficient (Wildman–Crippen LogP) is 3.72. The summed E-state index contributed by atoms with van der Waals surface area (Å²) >= 11 is 0. The zero-order chi connectivity index (χ0) is 22.7. The van der Waals surface area contributed by atoms with Gasteiger partial charge in [0.2, 0.25) is 0 Å². The van der Waals surface area contributed by atoms with Gasteiger partial charge in [-0.05, 0) is 54.7 Å². The molecule has 4 rings (SSSR count). The minimum Gasteiger partial charge on any atom is -0.399 e. The van der Waals surface area contributed by atoms with Gasteiger partial charge in [0, 0.05) is 74.1 Å². The molecule has 2 fully saturated rings. The van der Waals surface area contributed by atoms with Gasteiger partial charge in [0.15, 0.2) is 0 Å². The molecule has 0 bridgehead atoms. The Balaban J connectivity index is 1.23. The molecule has 2 aromatic carbocycles. The number of hydrogen-bond acceptors (Lipinski definition) is 5. The molecule has 0 aliphatic carbocycles. The second-order valence-electron chi connectivity index (χ2n) is 8.98. The molecule has 2 aliphatic rings. The summed E-state index contributed by atoms with van der Waals surface area (Å²) in [7, 11) is 0. The standard InChI is InChI=1S/C26H34FN5/c1-19(28)22-3-5-23(6-4-22)31-11-9-21(10-12-31)18-30-13-15-32(16-14-30)24-7-8-25(20(2)29)26(27)17-24/h3-8,17,21H,1-2,9-16,18,28-29H2. The number of rotatable bonds is 6. The van der Waals surface area contributed by atoms with Crippen molar-refractivity contribution in [3.8, 4) is 0 Å². The number of piperidine rings is 1. The van der Waals surface area contributed by atoms with E-state index in [0.29, 0.717) is 11.3 Å². The number of nitrogens with zero attached hydrogens (tertiary/aromatic N) is 3. The van der Waals surface area contributed by atoms with Crippen molar-refractivity contribution in [1.29, 1.82) is 0 Å². The van der Waals surface area contributed by atoms with E-state index in [-0.39, 0.29) is 11.5 Å².